The molecule has 2 aromatic carbocycles. The predicted octanol–water partition coefficient (Wildman–Crippen LogP) is 5.95. The summed E-state index contributed by atoms with van der Waals surface area (Å²) in [5.41, 5.74) is 3.85. The summed E-state index contributed by atoms with van der Waals surface area (Å²) in [5, 5.41) is 4.28. The van der Waals surface area contributed by atoms with Gasteiger partial charge in [0.1, 0.15) is 5.75 Å². The van der Waals surface area contributed by atoms with Gasteiger partial charge in [0.25, 0.3) is 0 Å². The lowest BCUT2D eigenvalue weighted by Crippen LogP contribution is -2.04. The molecule has 30 heavy (non-hydrogen) atoms. The molecule has 166 valence electrons. The molecule has 2 aromatic rings. The van der Waals surface area contributed by atoms with Crippen LogP contribution < -0.4 is 18.9 Å². The van der Waals surface area contributed by atoms with Crippen molar-refractivity contribution in [2.24, 2.45) is 5.16 Å². The molecule has 0 spiro atoms. The summed E-state index contributed by atoms with van der Waals surface area (Å²) in [5.74, 6) is 2.60. The fourth-order valence-electron chi connectivity index (χ4n) is 3.08. The Hall–Kier alpha value is -2.89. The number of nitrogens with zero attached hydrogens (tertiary/aromatic N) is 1. The Labute approximate surface area is 180 Å². The van der Waals surface area contributed by atoms with E-state index in [1.54, 1.807) is 28.4 Å². The van der Waals surface area contributed by atoms with Crippen LogP contribution in [0.15, 0.2) is 35.5 Å². The third-order valence-electron chi connectivity index (χ3n) is 4.46. The number of ether oxygens (including phenoxy) is 4. The standard InChI is InChI=1S/C20H23NO5.2C2H6/c1-12-8-13(6-7-16(12)22-2)17-11-15(21-26-17)14-9-18(23-3)20(25-5)19(10-14)24-4;2*1-2/h6-10,17H,11H2,1-5H3;2*1-2H3. The zero-order valence-electron chi connectivity index (χ0n) is 19.7. The third kappa shape index (κ3) is 5.59. The molecule has 1 aliphatic rings. The molecule has 0 aromatic heterocycles. The van der Waals surface area contributed by atoms with Gasteiger partial charge in [-0.05, 0) is 42.3 Å². The highest BCUT2D eigenvalue weighted by Crippen LogP contribution is 2.40. The van der Waals surface area contributed by atoms with Gasteiger partial charge in [-0.3, -0.25) is 0 Å². The second-order valence-electron chi connectivity index (χ2n) is 5.98. The van der Waals surface area contributed by atoms with E-state index < -0.39 is 0 Å². The number of oxime groups is 1. The van der Waals surface area contributed by atoms with Crippen LogP contribution in [0.4, 0.5) is 0 Å². The lowest BCUT2D eigenvalue weighted by molar-refractivity contribution is 0.0856. The molecule has 0 saturated heterocycles. The van der Waals surface area contributed by atoms with Gasteiger partial charge in [0.2, 0.25) is 5.75 Å². The second-order valence-corrected chi connectivity index (χ2v) is 5.98. The van der Waals surface area contributed by atoms with Crippen LogP contribution in [0, 0.1) is 6.92 Å². The third-order valence-corrected chi connectivity index (χ3v) is 4.46. The maximum Gasteiger partial charge on any atom is 0.203 e. The van der Waals surface area contributed by atoms with Crippen LogP contribution in [-0.2, 0) is 4.84 Å². The molecule has 1 heterocycles. The highest BCUT2D eigenvalue weighted by molar-refractivity contribution is 6.02. The van der Waals surface area contributed by atoms with Crippen LogP contribution in [0.5, 0.6) is 23.0 Å². The number of aryl methyl sites for hydroxylation is 1. The Bertz CT molecular complexity index is 807. The van der Waals surface area contributed by atoms with E-state index in [0.717, 1.165) is 28.2 Å². The number of benzene rings is 2. The first-order valence-corrected chi connectivity index (χ1v) is 10.3. The van der Waals surface area contributed by atoms with Crippen molar-refractivity contribution in [3.05, 3.63) is 47.0 Å². The van der Waals surface area contributed by atoms with Crippen LogP contribution >= 0.6 is 0 Å². The summed E-state index contributed by atoms with van der Waals surface area (Å²) < 4.78 is 21.5. The summed E-state index contributed by atoms with van der Waals surface area (Å²) in [4.78, 5) is 5.67. The van der Waals surface area contributed by atoms with Crippen molar-refractivity contribution in [2.45, 2.75) is 47.1 Å². The van der Waals surface area contributed by atoms with Crippen molar-refractivity contribution in [3.8, 4) is 23.0 Å². The van der Waals surface area contributed by atoms with Crippen LogP contribution in [0.3, 0.4) is 0 Å². The number of rotatable bonds is 6. The molecule has 1 aliphatic heterocycles. The van der Waals surface area contributed by atoms with E-state index in [1.165, 1.54) is 0 Å². The largest absolute Gasteiger partial charge is 0.496 e. The van der Waals surface area contributed by atoms with E-state index in [0.29, 0.717) is 23.7 Å². The summed E-state index contributed by atoms with van der Waals surface area (Å²) in [6.07, 6.45) is 0.526. The van der Waals surface area contributed by atoms with Gasteiger partial charge in [-0.15, -0.1) is 0 Å². The Morgan fingerprint density at radius 2 is 1.37 bits per heavy atom. The molecule has 0 N–H and O–H groups in total. The average molecular weight is 418 g/mol. The molecule has 6 nitrogen and oxygen atoms in total. The zero-order chi connectivity index (χ0) is 22.7. The highest BCUT2D eigenvalue weighted by Gasteiger charge is 2.26. The van der Waals surface area contributed by atoms with Gasteiger partial charge in [-0.25, -0.2) is 0 Å². The van der Waals surface area contributed by atoms with Gasteiger partial charge in [-0.1, -0.05) is 38.9 Å². The minimum Gasteiger partial charge on any atom is -0.496 e. The first kappa shape index (κ1) is 25.1. The summed E-state index contributed by atoms with van der Waals surface area (Å²) >= 11 is 0. The predicted molar refractivity (Wildman–Crippen MR) is 122 cm³/mol. The molecule has 6 heteroatoms. The summed E-state index contributed by atoms with van der Waals surface area (Å²) in [6.45, 7) is 10.0. The minimum atomic E-state index is -0.131. The number of methoxy groups -OCH3 is 4. The van der Waals surface area contributed by atoms with Gasteiger partial charge < -0.3 is 23.8 Å². The lowest BCUT2D eigenvalue weighted by atomic mass is 9.98. The van der Waals surface area contributed by atoms with Crippen molar-refractivity contribution in [1.29, 1.82) is 0 Å². The lowest BCUT2D eigenvalue weighted by Gasteiger charge is -2.14. The van der Waals surface area contributed by atoms with Gasteiger partial charge in [0.05, 0.1) is 34.2 Å². The zero-order valence-corrected chi connectivity index (χ0v) is 19.7. The average Bonchev–Trinajstić information content (AvgIpc) is 3.31. The quantitative estimate of drug-likeness (QED) is 0.581. The van der Waals surface area contributed by atoms with E-state index >= 15 is 0 Å². The Morgan fingerprint density at radius 3 is 1.83 bits per heavy atom. The van der Waals surface area contributed by atoms with Crippen molar-refractivity contribution >= 4 is 5.71 Å². The van der Waals surface area contributed by atoms with E-state index in [2.05, 4.69) is 11.2 Å². The molecule has 0 fully saturated rings. The topological polar surface area (TPSA) is 58.5 Å². The molecule has 1 atom stereocenters. The van der Waals surface area contributed by atoms with Crippen molar-refractivity contribution in [3.63, 3.8) is 0 Å². The summed E-state index contributed by atoms with van der Waals surface area (Å²) in [6, 6.07) is 9.78. The highest BCUT2D eigenvalue weighted by atomic mass is 16.6. The number of hydrogen-bond donors (Lipinski definition) is 0. The van der Waals surface area contributed by atoms with Crippen LogP contribution in [0.2, 0.25) is 0 Å². The first-order chi connectivity index (χ1) is 14.6. The second kappa shape index (κ2) is 12.6. The van der Waals surface area contributed by atoms with Gasteiger partial charge in [0.15, 0.2) is 17.6 Å². The van der Waals surface area contributed by atoms with E-state index in [-0.39, 0.29) is 6.10 Å². The molecule has 0 amide bonds. The monoisotopic (exact) mass is 417 g/mol. The molecule has 1 unspecified atom stereocenters. The minimum absolute atomic E-state index is 0.131. The van der Waals surface area contributed by atoms with E-state index in [4.69, 9.17) is 23.8 Å². The van der Waals surface area contributed by atoms with Crippen molar-refractivity contribution in [2.75, 3.05) is 28.4 Å². The SMILES string of the molecule is CC.CC.COc1ccc(C2CC(c3cc(OC)c(OC)c(OC)c3)=NO2)cc1C. The van der Waals surface area contributed by atoms with Crippen molar-refractivity contribution in [1.82, 2.24) is 0 Å². The van der Waals surface area contributed by atoms with Crippen LogP contribution in [0.1, 0.15) is 56.9 Å². The first-order valence-electron chi connectivity index (χ1n) is 10.3. The van der Waals surface area contributed by atoms with Crippen molar-refractivity contribution < 1.29 is 23.8 Å². The van der Waals surface area contributed by atoms with E-state index in [9.17, 15) is 0 Å². The Balaban J connectivity index is 0.00000106. The van der Waals surface area contributed by atoms with Gasteiger partial charge >= 0.3 is 0 Å². The molecule has 0 radical (unpaired) electrons. The van der Waals surface area contributed by atoms with Crippen LogP contribution in [0.25, 0.3) is 0 Å². The smallest absolute Gasteiger partial charge is 0.203 e. The molecule has 0 saturated carbocycles. The number of hydrogen-bond acceptors (Lipinski definition) is 6. The normalized spacial score (nSPS) is 14.2. The summed E-state index contributed by atoms with van der Waals surface area (Å²) in [7, 11) is 6.44. The van der Waals surface area contributed by atoms with Gasteiger partial charge in [-0.2, -0.15) is 0 Å². The van der Waals surface area contributed by atoms with Gasteiger partial charge in [0, 0.05) is 12.0 Å². The molecule has 3 rings (SSSR count). The molecule has 0 bridgehead atoms. The van der Waals surface area contributed by atoms with E-state index in [1.807, 2.05) is 58.9 Å². The maximum absolute atomic E-state index is 5.67. The van der Waals surface area contributed by atoms with Crippen LogP contribution in [-0.4, -0.2) is 34.2 Å². The fraction of sp³-hybridized carbons (Fsp3) is 0.458. The molecular formula is C24H35NO5. The Morgan fingerprint density at radius 1 is 0.800 bits per heavy atom. The molecular weight excluding hydrogens is 382 g/mol. The molecule has 0 aliphatic carbocycles. The maximum atomic E-state index is 5.67. The fourth-order valence-corrected chi connectivity index (χ4v) is 3.08. The Kier molecular flexibility index (Phi) is 10.6.